The van der Waals surface area contributed by atoms with Crippen LogP contribution in [0.1, 0.15) is 56.1 Å². The molecule has 0 unspecified atom stereocenters. The number of piperazine rings is 1. The van der Waals surface area contributed by atoms with Gasteiger partial charge in [0.25, 0.3) is 0 Å². The molecule has 6 nitrogen and oxygen atoms in total. The highest BCUT2D eigenvalue weighted by Crippen LogP contribution is 2.29. The summed E-state index contributed by atoms with van der Waals surface area (Å²) in [6.07, 6.45) is 8.67. The Morgan fingerprint density at radius 3 is 2.38 bits per heavy atom. The van der Waals surface area contributed by atoms with E-state index in [9.17, 15) is 4.79 Å². The first kappa shape index (κ1) is 24.5. The molecular formula is C31H41N5O. The summed E-state index contributed by atoms with van der Waals surface area (Å²) in [5, 5.41) is 0. The minimum Gasteiger partial charge on any atom is -0.342 e. The summed E-state index contributed by atoms with van der Waals surface area (Å²) in [7, 11) is 0. The fourth-order valence-corrected chi connectivity index (χ4v) is 6.79. The van der Waals surface area contributed by atoms with E-state index in [1.54, 1.807) is 0 Å². The number of aryl methyl sites for hydroxylation is 1. The number of benzene rings is 2. The Morgan fingerprint density at radius 2 is 1.62 bits per heavy atom. The van der Waals surface area contributed by atoms with E-state index in [-0.39, 0.29) is 5.92 Å². The molecule has 3 aromatic rings. The minimum absolute atomic E-state index is 0.145. The maximum absolute atomic E-state index is 13.4. The standard InChI is InChI=1S/C31H41N5O/c1-24-8-7-9-25(22-24)23-36-29-13-6-5-12-28(29)32-31(36)35-16-14-26(15-17-35)30(37)34-20-18-33(19-21-34)27-10-3-2-4-11-27/h5-9,12-13,22,26-27H,2-4,10-11,14-21,23H2,1H3. The van der Waals surface area contributed by atoms with Crippen molar-refractivity contribution in [1.82, 2.24) is 19.4 Å². The molecular weight excluding hydrogens is 458 g/mol. The van der Waals surface area contributed by atoms with Crippen LogP contribution in [0.2, 0.25) is 0 Å². The zero-order chi connectivity index (χ0) is 25.2. The van der Waals surface area contributed by atoms with E-state index < -0.39 is 0 Å². The second-order valence-corrected chi connectivity index (χ2v) is 11.4. The van der Waals surface area contributed by atoms with Crippen molar-refractivity contribution in [3.8, 4) is 0 Å². The highest BCUT2D eigenvalue weighted by molar-refractivity contribution is 5.80. The lowest BCUT2D eigenvalue weighted by Gasteiger charge is -2.42. The van der Waals surface area contributed by atoms with Gasteiger partial charge in [-0.25, -0.2) is 4.98 Å². The van der Waals surface area contributed by atoms with E-state index in [0.717, 1.165) is 76.2 Å². The molecule has 2 saturated heterocycles. The summed E-state index contributed by atoms with van der Waals surface area (Å²) in [5.41, 5.74) is 4.79. The van der Waals surface area contributed by atoms with Gasteiger partial charge >= 0.3 is 0 Å². The number of imidazole rings is 1. The topological polar surface area (TPSA) is 44.6 Å². The van der Waals surface area contributed by atoms with E-state index in [4.69, 9.17) is 4.98 Å². The van der Waals surface area contributed by atoms with Crippen molar-refractivity contribution in [1.29, 1.82) is 0 Å². The molecule has 0 bridgehead atoms. The lowest BCUT2D eigenvalue weighted by Crippen LogP contribution is -2.54. The minimum atomic E-state index is 0.145. The van der Waals surface area contributed by atoms with Gasteiger partial charge in [-0.05, 0) is 50.3 Å². The monoisotopic (exact) mass is 499 g/mol. The molecule has 3 aliphatic rings. The van der Waals surface area contributed by atoms with Crippen LogP contribution in [0, 0.1) is 12.8 Å². The molecule has 196 valence electrons. The second-order valence-electron chi connectivity index (χ2n) is 11.4. The van der Waals surface area contributed by atoms with Gasteiger partial charge in [-0.2, -0.15) is 0 Å². The largest absolute Gasteiger partial charge is 0.342 e. The van der Waals surface area contributed by atoms with Crippen LogP contribution in [0.5, 0.6) is 0 Å². The summed E-state index contributed by atoms with van der Waals surface area (Å²) < 4.78 is 2.36. The highest BCUT2D eigenvalue weighted by Gasteiger charge is 2.33. The Bertz CT molecular complexity index is 1210. The van der Waals surface area contributed by atoms with Crippen molar-refractivity contribution >= 4 is 22.9 Å². The molecule has 2 aromatic carbocycles. The SMILES string of the molecule is Cc1cccc(Cn2c(N3CCC(C(=O)N4CCN(C5CCCCC5)CC4)CC3)nc3ccccc32)c1. The van der Waals surface area contributed by atoms with E-state index >= 15 is 0 Å². The average molecular weight is 500 g/mol. The van der Waals surface area contributed by atoms with Crippen LogP contribution in [-0.4, -0.2) is 70.6 Å². The third-order valence-corrected chi connectivity index (χ3v) is 8.90. The van der Waals surface area contributed by atoms with Gasteiger partial charge in [0, 0.05) is 51.2 Å². The smallest absolute Gasteiger partial charge is 0.225 e. The highest BCUT2D eigenvalue weighted by atomic mass is 16.2. The van der Waals surface area contributed by atoms with Crippen LogP contribution in [0.15, 0.2) is 48.5 Å². The lowest BCUT2D eigenvalue weighted by molar-refractivity contribution is -0.138. The Labute approximate surface area is 221 Å². The molecule has 1 aliphatic carbocycles. The summed E-state index contributed by atoms with van der Waals surface area (Å²) in [5.74, 6) is 1.57. The van der Waals surface area contributed by atoms with Crippen molar-refractivity contribution in [2.45, 2.75) is 64.5 Å². The number of piperidine rings is 1. The Morgan fingerprint density at radius 1 is 0.865 bits per heavy atom. The van der Waals surface area contributed by atoms with E-state index in [1.165, 1.54) is 48.7 Å². The number of amides is 1. The molecule has 37 heavy (non-hydrogen) atoms. The maximum atomic E-state index is 13.4. The number of fused-ring (bicyclic) bond motifs is 1. The van der Waals surface area contributed by atoms with Crippen LogP contribution >= 0.6 is 0 Å². The number of hydrogen-bond donors (Lipinski definition) is 0. The summed E-state index contributed by atoms with van der Waals surface area (Å²) in [6.45, 7) is 8.64. The normalized spacial score (nSPS) is 20.6. The summed E-state index contributed by atoms with van der Waals surface area (Å²) in [6, 6.07) is 17.9. The number of para-hydroxylation sites is 2. The first-order valence-electron chi connectivity index (χ1n) is 14.4. The molecule has 1 aromatic heterocycles. The zero-order valence-corrected chi connectivity index (χ0v) is 22.3. The Balaban J connectivity index is 1.10. The molecule has 1 saturated carbocycles. The third kappa shape index (κ3) is 5.26. The van der Waals surface area contributed by atoms with Crippen LogP contribution in [-0.2, 0) is 11.3 Å². The number of rotatable bonds is 5. The predicted molar refractivity (Wildman–Crippen MR) is 150 cm³/mol. The fraction of sp³-hybridized carbons (Fsp3) is 0.548. The van der Waals surface area contributed by atoms with Crippen LogP contribution < -0.4 is 4.90 Å². The molecule has 6 heteroatoms. The lowest BCUT2D eigenvalue weighted by atomic mass is 9.93. The van der Waals surface area contributed by atoms with Gasteiger partial charge < -0.3 is 14.4 Å². The molecule has 1 amide bonds. The number of nitrogens with zero attached hydrogens (tertiary/aromatic N) is 5. The molecule has 0 radical (unpaired) electrons. The van der Waals surface area contributed by atoms with Gasteiger partial charge in [0.05, 0.1) is 17.6 Å². The average Bonchev–Trinajstić information content (AvgIpc) is 3.31. The van der Waals surface area contributed by atoms with E-state index in [1.807, 2.05) is 0 Å². The quantitative estimate of drug-likeness (QED) is 0.491. The third-order valence-electron chi connectivity index (χ3n) is 8.90. The molecule has 6 rings (SSSR count). The molecule has 2 aliphatic heterocycles. The first-order valence-corrected chi connectivity index (χ1v) is 14.4. The van der Waals surface area contributed by atoms with Crippen molar-refractivity contribution in [2.75, 3.05) is 44.2 Å². The first-order chi connectivity index (χ1) is 18.2. The number of carbonyl (C=O) groups excluding carboxylic acids is 1. The van der Waals surface area contributed by atoms with Crippen molar-refractivity contribution in [2.24, 2.45) is 5.92 Å². The molecule has 3 heterocycles. The second kappa shape index (κ2) is 10.9. The number of hydrogen-bond acceptors (Lipinski definition) is 4. The summed E-state index contributed by atoms with van der Waals surface area (Å²) in [4.78, 5) is 25.7. The van der Waals surface area contributed by atoms with Crippen LogP contribution in [0.3, 0.4) is 0 Å². The van der Waals surface area contributed by atoms with E-state index in [0.29, 0.717) is 5.91 Å². The van der Waals surface area contributed by atoms with Crippen LogP contribution in [0.25, 0.3) is 11.0 Å². The fourth-order valence-electron chi connectivity index (χ4n) is 6.79. The van der Waals surface area contributed by atoms with Gasteiger partial charge in [0.1, 0.15) is 0 Å². The summed E-state index contributed by atoms with van der Waals surface area (Å²) >= 11 is 0. The predicted octanol–water partition coefficient (Wildman–Crippen LogP) is 5.09. The number of anilines is 1. The van der Waals surface area contributed by atoms with Gasteiger partial charge in [-0.15, -0.1) is 0 Å². The van der Waals surface area contributed by atoms with Crippen molar-refractivity contribution in [3.63, 3.8) is 0 Å². The number of aromatic nitrogens is 2. The molecule has 0 spiro atoms. The van der Waals surface area contributed by atoms with Gasteiger partial charge in [-0.1, -0.05) is 61.2 Å². The van der Waals surface area contributed by atoms with Gasteiger partial charge in [0.15, 0.2) is 0 Å². The maximum Gasteiger partial charge on any atom is 0.225 e. The van der Waals surface area contributed by atoms with Crippen molar-refractivity contribution < 1.29 is 4.79 Å². The van der Waals surface area contributed by atoms with Crippen molar-refractivity contribution in [3.05, 3.63) is 59.7 Å². The number of carbonyl (C=O) groups is 1. The van der Waals surface area contributed by atoms with Gasteiger partial charge in [-0.3, -0.25) is 9.69 Å². The van der Waals surface area contributed by atoms with Crippen LogP contribution in [0.4, 0.5) is 5.95 Å². The molecule has 0 N–H and O–H groups in total. The molecule has 0 atom stereocenters. The Hall–Kier alpha value is -2.86. The van der Waals surface area contributed by atoms with E-state index in [2.05, 4.69) is 74.7 Å². The molecule has 3 fully saturated rings. The zero-order valence-electron chi connectivity index (χ0n) is 22.3. The Kier molecular flexibility index (Phi) is 7.18. The van der Waals surface area contributed by atoms with Gasteiger partial charge in [0.2, 0.25) is 11.9 Å².